The van der Waals surface area contributed by atoms with Crippen molar-refractivity contribution in [2.75, 3.05) is 0 Å². The third-order valence-electron chi connectivity index (χ3n) is 2.17. The molecule has 3 heteroatoms. The molecule has 0 aromatic rings. The maximum absolute atomic E-state index is 10.6. The quantitative estimate of drug-likeness (QED) is 0.468. The van der Waals surface area contributed by atoms with E-state index in [0.717, 1.165) is 30.4 Å². The molecule has 0 heterocycles. The highest BCUT2D eigenvalue weighted by atomic mass is 16.6. The Morgan fingerprint density at radius 2 is 2.08 bits per heavy atom. The van der Waals surface area contributed by atoms with Gasteiger partial charge in [0.2, 0.25) is 5.70 Å². The van der Waals surface area contributed by atoms with Gasteiger partial charge in [-0.3, -0.25) is 10.1 Å². The SMILES string of the molecule is C=C(C)C1=C([N+](=O)[O-])CCCC1. The van der Waals surface area contributed by atoms with Gasteiger partial charge in [0.25, 0.3) is 0 Å². The van der Waals surface area contributed by atoms with Crippen LogP contribution >= 0.6 is 0 Å². The lowest BCUT2D eigenvalue weighted by atomic mass is 9.92. The molecule has 1 rings (SSSR count). The van der Waals surface area contributed by atoms with Crippen LogP contribution in [0.1, 0.15) is 32.6 Å². The van der Waals surface area contributed by atoms with Gasteiger partial charge in [0.05, 0.1) is 4.92 Å². The predicted molar refractivity (Wildman–Crippen MR) is 47.3 cm³/mol. The molecule has 0 saturated carbocycles. The first-order chi connectivity index (χ1) is 5.63. The molecule has 0 radical (unpaired) electrons. The van der Waals surface area contributed by atoms with Crippen molar-refractivity contribution in [1.29, 1.82) is 0 Å². The molecule has 0 fully saturated rings. The van der Waals surface area contributed by atoms with Crippen molar-refractivity contribution in [3.05, 3.63) is 33.5 Å². The van der Waals surface area contributed by atoms with Crippen LogP contribution in [-0.2, 0) is 0 Å². The van der Waals surface area contributed by atoms with Crippen molar-refractivity contribution in [2.24, 2.45) is 0 Å². The Labute approximate surface area is 71.9 Å². The van der Waals surface area contributed by atoms with E-state index < -0.39 is 0 Å². The van der Waals surface area contributed by atoms with Crippen LogP contribution in [0, 0.1) is 10.1 Å². The van der Waals surface area contributed by atoms with Gasteiger partial charge >= 0.3 is 0 Å². The van der Waals surface area contributed by atoms with Crippen molar-refractivity contribution in [2.45, 2.75) is 32.6 Å². The Morgan fingerprint density at radius 3 is 2.50 bits per heavy atom. The number of nitro groups is 1. The van der Waals surface area contributed by atoms with Gasteiger partial charge in [-0.05, 0) is 31.8 Å². The minimum Gasteiger partial charge on any atom is -0.259 e. The highest BCUT2D eigenvalue weighted by Crippen LogP contribution is 2.28. The monoisotopic (exact) mass is 167 g/mol. The van der Waals surface area contributed by atoms with E-state index in [1.165, 1.54) is 0 Å². The Bertz CT molecular complexity index is 227. The first-order valence-corrected chi connectivity index (χ1v) is 4.15. The summed E-state index contributed by atoms with van der Waals surface area (Å²) in [6.45, 7) is 5.59. The second-order valence-corrected chi connectivity index (χ2v) is 3.17. The summed E-state index contributed by atoms with van der Waals surface area (Å²) in [4.78, 5) is 10.3. The summed E-state index contributed by atoms with van der Waals surface area (Å²) in [6, 6.07) is 0. The van der Waals surface area contributed by atoms with Gasteiger partial charge in [-0.25, -0.2) is 0 Å². The van der Waals surface area contributed by atoms with E-state index in [1.54, 1.807) is 0 Å². The molecule has 0 aliphatic heterocycles. The highest BCUT2D eigenvalue weighted by molar-refractivity contribution is 5.30. The first kappa shape index (κ1) is 8.97. The van der Waals surface area contributed by atoms with Crippen LogP contribution in [-0.4, -0.2) is 4.92 Å². The van der Waals surface area contributed by atoms with Crippen molar-refractivity contribution >= 4 is 0 Å². The lowest BCUT2D eigenvalue weighted by Crippen LogP contribution is -2.08. The summed E-state index contributed by atoms with van der Waals surface area (Å²) in [7, 11) is 0. The lowest BCUT2D eigenvalue weighted by Gasteiger charge is -2.13. The number of rotatable bonds is 2. The molecule has 0 bridgehead atoms. The van der Waals surface area contributed by atoms with Crippen molar-refractivity contribution in [1.82, 2.24) is 0 Å². The topological polar surface area (TPSA) is 43.1 Å². The Balaban J connectivity index is 2.99. The molecule has 0 atom stereocenters. The average Bonchev–Trinajstić information content (AvgIpc) is 2.04. The molecule has 0 saturated heterocycles. The molecule has 0 spiro atoms. The van der Waals surface area contributed by atoms with Gasteiger partial charge in [0, 0.05) is 12.0 Å². The van der Waals surface area contributed by atoms with Crippen molar-refractivity contribution < 1.29 is 4.92 Å². The number of nitrogens with zero attached hydrogens (tertiary/aromatic N) is 1. The highest BCUT2D eigenvalue weighted by Gasteiger charge is 2.21. The summed E-state index contributed by atoms with van der Waals surface area (Å²) < 4.78 is 0. The summed E-state index contributed by atoms with van der Waals surface area (Å²) in [6.07, 6.45) is 3.42. The largest absolute Gasteiger partial charge is 0.259 e. The molecule has 3 nitrogen and oxygen atoms in total. The van der Waals surface area contributed by atoms with Gasteiger partial charge in [-0.1, -0.05) is 6.58 Å². The minimum atomic E-state index is -0.261. The standard InChI is InChI=1S/C9H13NO2/c1-7(2)8-5-3-4-6-9(8)10(11)12/h1,3-6H2,2H3. The Morgan fingerprint density at radius 1 is 1.50 bits per heavy atom. The van der Waals surface area contributed by atoms with E-state index in [9.17, 15) is 10.1 Å². The zero-order chi connectivity index (χ0) is 9.14. The molecule has 0 unspecified atom stereocenters. The van der Waals surface area contributed by atoms with Gasteiger partial charge in [-0.15, -0.1) is 0 Å². The fourth-order valence-corrected chi connectivity index (χ4v) is 1.55. The molecule has 0 N–H and O–H groups in total. The van der Waals surface area contributed by atoms with Crippen LogP contribution in [0.15, 0.2) is 23.4 Å². The molecule has 0 aromatic carbocycles. The molecule has 0 aromatic heterocycles. The number of hydrogen-bond acceptors (Lipinski definition) is 2. The zero-order valence-electron chi connectivity index (χ0n) is 7.30. The first-order valence-electron chi connectivity index (χ1n) is 4.15. The summed E-state index contributed by atoms with van der Waals surface area (Å²) in [5.41, 5.74) is 2.10. The zero-order valence-corrected chi connectivity index (χ0v) is 7.30. The predicted octanol–water partition coefficient (Wildman–Crippen LogP) is 2.67. The Hall–Kier alpha value is -1.12. The molecule has 66 valence electrons. The number of hydrogen-bond donors (Lipinski definition) is 0. The van der Waals surface area contributed by atoms with E-state index in [-0.39, 0.29) is 4.92 Å². The van der Waals surface area contributed by atoms with E-state index in [2.05, 4.69) is 6.58 Å². The normalized spacial score (nSPS) is 17.8. The maximum Gasteiger partial charge on any atom is 0.249 e. The van der Waals surface area contributed by atoms with Crippen LogP contribution in [0.25, 0.3) is 0 Å². The molecule has 12 heavy (non-hydrogen) atoms. The Kier molecular flexibility index (Phi) is 2.63. The van der Waals surface area contributed by atoms with E-state index >= 15 is 0 Å². The third-order valence-corrected chi connectivity index (χ3v) is 2.17. The number of allylic oxidation sites excluding steroid dienone is 3. The van der Waals surface area contributed by atoms with Crippen LogP contribution in [0.5, 0.6) is 0 Å². The van der Waals surface area contributed by atoms with Crippen LogP contribution in [0.2, 0.25) is 0 Å². The van der Waals surface area contributed by atoms with Crippen molar-refractivity contribution in [3.63, 3.8) is 0 Å². The average molecular weight is 167 g/mol. The van der Waals surface area contributed by atoms with Crippen LogP contribution in [0.4, 0.5) is 0 Å². The molecule has 1 aliphatic rings. The minimum absolute atomic E-state index is 0.261. The van der Waals surface area contributed by atoms with Gasteiger partial charge in [0.15, 0.2) is 0 Å². The molecule has 0 amide bonds. The van der Waals surface area contributed by atoms with Gasteiger partial charge < -0.3 is 0 Å². The second kappa shape index (κ2) is 3.52. The smallest absolute Gasteiger partial charge is 0.249 e. The molecular weight excluding hydrogens is 154 g/mol. The van der Waals surface area contributed by atoms with E-state index in [0.29, 0.717) is 12.1 Å². The second-order valence-electron chi connectivity index (χ2n) is 3.17. The summed E-state index contributed by atoms with van der Waals surface area (Å²) >= 11 is 0. The van der Waals surface area contributed by atoms with Crippen molar-refractivity contribution in [3.8, 4) is 0 Å². The van der Waals surface area contributed by atoms with E-state index in [1.807, 2.05) is 6.92 Å². The fourth-order valence-electron chi connectivity index (χ4n) is 1.55. The van der Waals surface area contributed by atoms with E-state index in [4.69, 9.17) is 0 Å². The van der Waals surface area contributed by atoms with Gasteiger partial charge in [-0.2, -0.15) is 0 Å². The third kappa shape index (κ3) is 1.72. The fraction of sp³-hybridized carbons (Fsp3) is 0.556. The lowest BCUT2D eigenvalue weighted by molar-refractivity contribution is -0.429. The maximum atomic E-state index is 10.6. The van der Waals surface area contributed by atoms with Gasteiger partial charge in [0.1, 0.15) is 0 Å². The molecular formula is C9H13NO2. The summed E-state index contributed by atoms with van der Waals surface area (Å²) in [5.74, 6) is 0. The molecule has 1 aliphatic carbocycles. The van der Waals surface area contributed by atoms with Crippen LogP contribution < -0.4 is 0 Å². The summed E-state index contributed by atoms with van der Waals surface area (Å²) in [5, 5.41) is 10.6. The van der Waals surface area contributed by atoms with Crippen LogP contribution in [0.3, 0.4) is 0 Å².